The van der Waals surface area contributed by atoms with E-state index in [1.165, 1.54) is 12.1 Å². The molecule has 0 amide bonds. The van der Waals surface area contributed by atoms with Crippen molar-refractivity contribution in [1.29, 1.82) is 0 Å². The van der Waals surface area contributed by atoms with Gasteiger partial charge in [-0.3, -0.25) is 0 Å². The van der Waals surface area contributed by atoms with Crippen LogP contribution in [0.5, 0.6) is 11.5 Å². The summed E-state index contributed by atoms with van der Waals surface area (Å²) in [5, 5.41) is 6.65. The zero-order valence-electron chi connectivity index (χ0n) is 20.2. The lowest BCUT2D eigenvalue weighted by atomic mass is 9.91. The molecule has 1 aliphatic heterocycles. The average Bonchev–Trinajstić information content (AvgIpc) is 3.33. The highest BCUT2D eigenvalue weighted by Crippen LogP contribution is 2.36. The summed E-state index contributed by atoms with van der Waals surface area (Å²) in [7, 11) is 3.30. The van der Waals surface area contributed by atoms with E-state index in [1.54, 1.807) is 49.4 Å². The van der Waals surface area contributed by atoms with Gasteiger partial charge in [0.15, 0.2) is 0 Å². The molecule has 2 aromatic carbocycles. The molecule has 1 aliphatic rings. The van der Waals surface area contributed by atoms with Crippen molar-refractivity contribution in [1.82, 2.24) is 19.5 Å². The lowest BCUT2D eigenvalue weighted by Crippen LogP contribution is -2.22. The third kappa shape index (κ3) is 5.46. The molecule has 0 bridgehead atoms. The molecule has 5 rings (SSSR count). The Morgan fingerprint density at radius 2 is 1.92 bits per heavy atom. The number of fused-ring (bicyclic) bond motifs is 1. The minimum atomic E-state index is -4.76. The fraction of sp³-hybridized carbons (Fsp3) is 0.240. The SMILES string of the molecule is CNc1nc(Nc2ccc(-n3cnc(Cl)c3)c(OC)c2)nc2c1COCC2c1ccc(OC(F)(F)F)cc1. The summed E-state index contributed by atoms with van der Waals surface area (Å²) in [4.78, 5) is 13.4. The van der Waals surface area contributed by atoms with E-state index >= 15 is 0 Å². The first kappa shape index (κ1) is 25.6. The standard InChI is InChI=1S/C25H22ClF3N6O3/c1-30-23-18-12-37-11-17(14-3-6-16(7-4-14)38-25(27,28)29)22(18)33-24(34-23)32-15-5-8-19(20(9-15)36-2)35-10-21(26)31-13-35/h3-10,13,17H,11-12H2,1-2H3,(H2,30,32,33,34). The van der Waals surface area contributed by atoms with Crippen LogP contribution in [-0.4, -0.2) is 46.6 Å². The summed E-state index contributed by atoms with van der Waals surface area (Å²) in [6.07, 6.45) is -1.50. The maximum atomic E-state index is 12.6. The van der Waals surface area contributed by atoms with Gasteiger partial charge in [0.2, 0.25) is 5.95 Å². The van der Waals surface area contributed by atoms with Crippen molar-refractivity contribution in [2.24, 2.45) is 0 Å². The fourth-order valence-corrected chi connectivity index (χ4v) is 4.39. The number of imidazole rings is 1. The third-order valence-corrected chi connectivity index (χ3v) is 6.11. The van der Waals surface area contributed by atoms with Crippen LogP contribution in [0.25, 0.3) is 5.69 Å². The monoisotopic (exact) mass is 546 g/mol. The summed E-state index contributed by atoms with van der Waals surface area (Å²) >= 11 is 5.95. The number of anilines is 3. The van der Waals surface area contributed by atoms with Gasteiger partial charge in [0, 0.05) is 30.6 Å². The highest BCUT2D eigenvalue weighted by Gasteiger charge is 2.32. The van der Waals surface area contributed by atoms with Crippen LogP contribution >= 0.6 is 11.6 Å². The number of halogens is 4. The predicted molar refractivity (Wildman–Crippen MR) is 135 cm³/mol. The van der Waals surface area contributed by atoms with Gasteiger partial charge in [-0.15, -0.1) is 13.2 Å². The summed E-state index contributed by atoms with van der Waals surface area (Å²) < 4.78 is 54.8. The summed E-state index contributed by atoms with van der Waals surface area (Å²) in [6, 6.07) is 11.2. The third-order valence-electron chi connectivity index (χ3n) is 5.92. The molecule has 0 radical (unpaired) electrons. The van der Waals surface area contributed by atoms with E-state index in [9.17, 15) is 13.2 Å². The average molecular weight is 547 g/mol. The maximum absolute atomic E-state index is 12.6. The van der Waals surface area contributed by atoms with Gasteiger partial charge in [-0.1, -0.05) is 23.7 Å². The molecule has 0 saturated carbocycles. The first-order valence-electron chi connectivity index (χ1n) is 11.4. The van der Waals surface area contributed by atoms with Crippen LogP contribution in [0.15, 0.2) is 55.0 Å². The van der Waals surface area contributed by atoms with E-state index in [0.717, 1.165) is 16.8 Å². The predicted octanol–water partition coefficient (Wildman–Crippen LogP) is 5.67. The normalized spacial score (nSPS) is 15.1. The molecular formula is C25H22ClF3N6O3. The van der Waals surface area contributed by atoms with Crippen molar-refractivity contribution in [3.8, 4) is 17.2 Å². The second kappa shape index (κ2) is 10.4. The second-order valence-electron chi connectivity index (χ2n) is 8.31. The smallest absolute Gasteiger partial charge is 0.494 e. The van der Waals surface area contributed by atoms with Crippen LogP contribution in [0.2, 0.25) is 5.15 Å². The molecule has 2 aromatic heterocycles. The second-order valence-corrected chi connectivity index (χ2v) is 8.70. The zero-order valence-corrected chi connectivity index (χ0v) is 21.0. The summed E-state index contributed by atoms with van der Waals surface area (Å²) in [6.45, 7) is 0.607. The minimum Gasteiger partial charge on any atom is -0.494 e. The van der Waals surface area contributed by atoms with Gasteiger partial charge in [0.05, 0.1) is 37.6 Å². The number of nitrogens with zero attached hydrogens (tertiary/aromatic N) is 4. The van der Waals surface area contributed by atoms with Gasteiger partial charge in [0.25, 0.3) is 0 Å². The van der Waals surface area contributed by atoms with Crippen molar-refractivity contribution in [3.63, 3.8) is 0 Å². The van der Waals surface area contributed by atoms with Crippen LogP contribution in [0.3, 0.4) is 0 Å². The Morgan fingerprint density at radius 3 is 2.58 bits per heavy atom. The van der Waals surface area contributed by atoms with Crippen LogP contribution in [-0.2, 0) is 11.3 Å². The van der Waals surface area contributed by atoms with Gasteiger partial charge in [-0.2, -0.15) is 4.98 Å². The van der Waals surface area contributed by atoms with Crippen molar-refractivity contribution in [2.75, 3.05) is 31.4 Å². The van der Waals surface area contributed by atoms with Gasteiger partial charge >= 0.3 is 6.36 Å². The lowest BCUT2D eigenvalue weighted by molar-refractivity contribution is -0.274. The van der Waals surface area contributed by atoms with Gasteiger partial charge in [-0.25, -0.2) is 9.97 Å². The van der Waals surface area contributed by atoms with Crippen LogP contribution in [0.4, 0.5) is 30.6 Å². The van der Waals surface area contributed by atoms with Crippen molar-refractivity contribution < 1.29 is 27.4 Å². The van der Waals surface area contributed by atoms with Gasteiger partial charge in [-0.05, 0) is 29.8 Å². The summed E-state index contributed by atoms with van der Waals surface area (Å²) in [5.74, 6) is 0.864. The largest absolute Gasteiger partial charge is 0.573 e. The summed E-state index contributed by atoms with van der Waals surface area (Å²) in [5.41, 5.74) is 3.64. The van der Waals surface area contributed by atoms with Crippen molar-refractivity contribution in [2.45, 2.75) is 18.9 Å². The molecule has 1 atom stereocenters. The maximum Gasteiger partial charge on any atom is 0.573 e. The van der Waals surface area contributed by atoms with E-state index in [4.69, 9.17) is 26.1 Å². The van der Waals surface area contributed by atoms with Gasteiger partial charge in [0.1, 0.15) is 28.8 Å². The van der Waals surface area contributed by atoms with Crippen molar-refractivity contribution >= 4 is 29.1 Å². The Kier molecular flexibility index (Phi) is 7.00. The molecule has 0 spiro atoms. The highest BCUT2D eigenvalue weighted by atomic mass is 35.5. The number of aromatic nitrogens is 4. The van der Waals surface area contributed by atoms with E-state index < -0.39 is 6.36 Å². The van der Waals surface area contributed by atoms with Crippen LogP contribution in [0.1, 0.15) is 22.7 Å². The fourth-order valence-electron chi connectivity index (χ4n) is 4.24. The number of methoxy groups -OCH3 is 1. The Morgan fingerprint density at radius 1 is 1.13 bits per heavy atom. The Bertz CT molecular complexity index is 1450. The zero-order chi connectivity index (χ0) is 26.9. The number of nitrogens with one attached hydrogen (secondary N) is 2. The highest BCUT2D eigenvalue weighted by molar-refractivity contribution is 6.29. The molecule has 38 heavy (non-hydrogen) atoms. The number of hydrogen-bond donors (Lipinski definition) is 2. The lowest BCUT2D eigenvalue weighted by Gasteiger charge is -2.27. The number of benzene rings is 2. The van der Waals surface area contributed by atoms with E-state index in [1.807, 2.05) is 12.1 Å². The number of hydrogen-bond acceptors (Lipinski definition) is 8. The molecule has 198 valence electrons. The molecular weight excluding hydrogens is 525 g/mol. The molecule has 0 fully saturated rings. The van der Waals surface area contributed by atoms with Crippen molar-refractivity contribution in [3.05, 3.63) is 77.0 Å². The number of ether oxygens (including phenoxy) is 3. The molecule has 1 unspecified atom stereocenters. The molecule has 4 aromatic rings. The Balaban J connectivity index is 1.46. The quantitative estimate of drug-likeness (QED) is 0.306. The molecule has 0 aliphatic carbocycles. The van der Waals surface area contributed by atoms with E-state index in [0.29, 0.717) is 47.3 Å². The first-order valence-corrected chi connectivity index (χ1v) is 11.8. The van der Waals surface area contributed by atoms with Gasteiger partial charge < -0.3 is 29.4 Å². The molecule has 13 heteroatoms. The first-order chi connectivity index (χ1) is 18.2. The van der Waals surface area contributed by atoms with Crippen LogP contribution in [0, 0.1) is 0 Å². The topological polar surface area (TPSA) is 95.4 Å². The number of alkyl halides is 3. The van der Waals surface area contributed by atoms with E-state index in [2.05, 4.69) is 25.3 Å². The molecule has 0 saturated heterocycles. The van der Waals surface area contributed by atoms with Crippen LogP contribution < -0.4 is 20.1 Å². The molecule has 2 N–H and O–H groups in total. The Hall–Kier alpha value is -4.03. The Labute approximate surface area is 220 Å². The number of rotatable bonds is 7. The van der Waals surface area contributed by atoms with E-state index in [-0.39, 0.29) is 11.7 Å². The molecule has 9 nitrogen and oxygen atoms in total. The molecule has 3 heterocycles. The minimum absolute atomic E-state index is 0.297.